The van der Waals surface area contributed by atoms with Gasteiger partial charge in [-0.25, -0.2) is 4.79 Å². The number of carbonyl (C=O) groups excluding carboxylic acids is 3. The number of nitrogens with zero attached hydrogens (tertiary/aromatic N) is 1. The number of aliphatic hydroxyl groups is 1. The van der Waals surface area contributed by atoms with Crippen molar-refractivity contribution in [3.05, 3.63) is 35.4 Å². The number of unbranched alkanes of at least 4 members (excludes halogenated alkanes) is 4. The van der Waals surface area contributed by atoms with E-state index in [0.717, 1.165) is 68.9 Å². The van der Waals surface area contributed by atoms with Crippen LogP contribution in [0.2, 0.25) is 0 Å². The highest BCUT2D eigenvalue weighted by atomic mass is 16.6. The summed E-state index contributed by atoms with van der Waals surface area (Å²) in [5, 5.41) is 15.9. The molecule has 1 aromatic rings. The fourth-order valence-electron chi connectivity index (χ4n) is 4.96. The van der Waals surface area contributed by atoms with Crippen LogP contribution in [0.15, 0.2) is 24.3 Å². The Morgan fingerprint density at radius 1 is 1.05 bits per heavy atom. The number of nitrogens with one attached hydrogen (secondary N) is 2. The molecule has 2 rings (SSSR count). The van der Waals surface area contributed by atoms with Crippen LogP contribution < -0.4 is 10.6 Å². The Bertz CT molecular complexity index is 892. The van der Waals surface area contributed by atoms with Gasteiger partial charge in [0.1, 0.15) is 17.7 Å². The minimum atomic E-state index is -1.23. The molecule has 8 heteroatoms. The summed E-state index contributed by atoms with van der Waals surface area (Å²) in [5.74, 6) is -0.719. The van der Waals surface area contributed by atoms with Crippen LogP contribution in [0.5, 0.6) is 0 Å². The molecule has 0 aliphatic heterocycles. The summed E-state index contributed by atoms with van der Waals surface area (Å²) in [6, 6.07) is 5.58. The molecule has 0 aromatic heterocycles. The second-order valence-electron chi connectivity index (χ2n) is 11.4. The first kappa shape index (κ1) is 31.6. The molecule has 1 aromatic carbocycles. The second kappa shape index (κ2) is 15.7. The first-order chi connectivity index (χ1) is 18.1. The van der Waals surface area contributed by atoms with Crippen LogP contribution in [0.3, 0.4) is 0 Å². The van der Waals surface area contributed by atoms with Gasteiger partial charge in [-0.3, -0.25) is 9.59 Å². The largest absolute Gasteiger partial charge is 0.444 e. The lowest BCUT2D eigenvalue weighted by Crippen LogP contribution is -2.55. The third kappa shape index (κ3) is 10.3. The quantitative estimate of drug-likeness (QED) is 0.304. The molecule has 2 unspecified atom stereocenters. The summed E-state index contributed by atoms with van der Waals surface area (Å²) in [6.07, 6.45) is 9.28. The minimum Gasteiger partial charge on any atom is -0.444 e. The summed E-state index contributed by atoms with van der Waals surface area (Å²) in [7, 11) is 0. The maximum atomic E-state index is 13.9. The maximum absolute atomic E-state index is 13.9. The number of rotatable bonds is 13. The summed E-state index contributed by atoms with van der Waals surface area (Å²) in [5.41, 5.74) is 0.896. The Labute approximate surface area is 228 Å². The van der Waals surface area contributed by atoms with Gasteiger partial charge in [-0.1, -0.05) is 76.1 Å². The molecule has 1 saturated carbocycles. The first-order valence-corrected chi connectivity index (χ1v) is 14.3. The Morgan fingerprint density at radius 3 is 2.32 bits per heavy atom. The van der Waals surface area contributed by atoms with Crippen molar-refractivity contribution in [2.45, 2.75) is 123 Å². The maximum Gasteiger partial charge on any atom is 0.408 e. The third-order valence-corrected chi connectivity index (χ3v) is 6.95. The van der Waals surface area contributed by atoms with Gasteiger partial charge < -0.3 is 25.4 Å². The average molecular weight is 532 g/mol. The van der Waals surface area contributed by atoms with Crippen molar-refractivity contribution in [3.8, 4) is 0 Å². The van der Waals surface area contributed by atoms with Crippen molar-refractivity contribution >= 4 is 17.9 Å². The lowest BCUT2D eigenvalue weighted by atomic mass is 9.93. The standard InChI is InChI=1S/C30H49N3O5/c1-6-7-8-9-15-20-33(28(36)25(21-34)32-29(37)38-30(3,4)5)26(24-19-14-13-16-22(24)2)27(35)31-23-17-11-10-12-18-23/h13-14,16,19,23,25-26,34H,6-12,15,17-18,20-21H2,1-5H3,(H,31,35)(H,32,37). The summed E-state index contributed by atoms with van der Waals surface area (Å²) >= 11 is 0. The summed E-state index contributed by atoms with van der Waals surface area (Å²) < 4.78 is 5.33. The van der Waals surface area contributed by atoms with Crippen molar-refractivity contribution in [1.82, 2.24) is 15.5 Å². The van der Waals surface area contributed by atoms with E-state index in [1.54, 1.807) is 25.7 Å². The van der Waals surface area contributed by atoms with E-state index >= 15 is 0 Å². The number of hydrogen-bond donors (Lipinski definition) is 3. The number of ether oxygens (including phenoxy) is 1. The molecule has 0 bridgehead atoms. The summed E-state index contributed by atoms with van der Waals surface area (Å²) in [6.45, 7) is 9.01. The molecule has 1 fully saturated rings. The molecule has 0 heterocycles. The molecule has 1 aliphatic rings. The van der Waals surface area contributed by atoms with E-state index in [0.29, 0.717) is 6.54 Å². The van der Waals surface area contributed by atoms with E-state index in [1.165, 1.54) is 6.42 Å². The number of aliphatic hydroxyl groups excluding tert-OH is 1. The van der Waals surface area contributed by atoms with Crippen molar-refractivity contribution in [3.63, 3.8) is 0 Å². The average Bonchev–Trinajstić information content (AvgIpc) is 2.86. The van der Waals surface area contributed by atoms with Gasteiger partial charge in [0.15, 0.2) is 0 Å². The van der Waals surface area contributed by atoms with Gasteiger partial charge in [-0.05, 0) is 58.1 Å². The number of benzene rings is 1. The third-order valence-electron chi connectivity index (χ3n) is 6.95. The van der Waals surface area contributed by atoms with Crippen molar-refractivity contribution in [2.24, 2.45) is 0 Å². The van der Waals surface area contributed by atoms with Gasteiger partial charge >= 0.3 is 6.09 Å². The molecule has 38 heavy (non-hydrogen) atoms. The molecule has 3 amide bonds. The van der Waals surface area contributed by atoms with E-state index in [1.807, 2.05) is 31.2 Å². The Balaban J connectivity index is 2.39. The zero-order chi connectivity index (χ0) is 28.1. The number of alkyl carbamates (subject to hydrolysis) is 1. The van der Waals surface area contributed by atoms with Gasteiger partial charge in [-0.2, -0.15) is 0 Å². The Kier molecular flexibility index (Phi) is 13.1. The van der Waals surface area contributed by atoms with E-state index in [-0.39, 0.29) is 11.9 Å². The Hall–Kier alpha value is -2.61. The van der Waals surface area contributed by atoms with E-state index in [4.69, 9.17) is 4.74 Å². The van der Waals surface area contributed by atoms with E-state index < -0.39 is 36.3 Å². The minimum absolute atomic E-state index is 0.0813. The highest BCUT2D eigenvalue weighted by molar-refractivity contribution is 5.92. The number of carbonyl (C=O) groups is 3. The fourth-order valence-corrected chi connectivity index (χ4v) is 4.96. The molecular formula is C30H49N3O5. The van der Waals surface area contributed by atoms with Crippen molar-refractivity contribution < 1.29 is 24.2 Å². The lowest BCUT2D eigenvalue weighted by molar-refractivity contribution is -0.143. The number of amides is 3. The molecule has 3 N–H and O–H groups in total. The predicted molar refractivity (Wildman–Crippen MR) is 150 cm³/mol. The SMILES string of the molecule is CCCCCCCN(C(=O)C(CO)NC(=O)OC(C)(C)C)C(C(=O)NC1CCCCC1)c1ccccc1C. The molecule has 8 nitrogen and oxygen atoms in total. The van der Waals surface area contributed by atoms with Crippen LogP contribution in [0.25, 0.3) is 0 Å². The highest BCUT2D eigenvalue weighted by Crippen LogP contribution is 2.27. The molecule has 1 aliphatic carbocycles. The van der Waals surface area contributed by atoms with Gasteiger partial charge in [0.25, 0.3) is 0 Å². The molecule has 0 saturated heterocycles. The number of aryl methyl sites for hydroxylation is 1. The van der Waals surface area contributed by atoms with Gasteiger partial charge in [0.2, 0.25) is 11.8 Å². The molecular weight excluding hydrogens is 482 g/mol. The zero-order valence-corrected chi connectivity index (χ0v) is 24.1. The van der Waals surface area contributed by atoms with Crippen LogP contribution >= 0.6 is 0 Å². The normalized spacial score (nSPS) is 15.8. The molecule has 0 spiro atoms. The monoisotopic (exact) mass is 531 g/mol. The van der Waals surface area contributed by atoms with Crippen LogP contribution in [0, 0.1) is 6.92 Å². The van der Waals surface area contributed by atoms with Gasteiger partial charge in [-0.15, -0.1) is 0 Å². The smallest absolute Gasteiger partial charge is 0.408 e. The zero-order valence-electron chi connectivity index (χ0n) is 24.1. The molecule has 214 valence electrons. The van der Waals surface area contributed by atoms with E-state index in [9.17, 15) is 19.5 Å². The van der Waals surface area contributed by atoms with Crippen molar-refractivity contribution in [2.75, 3.05) is 13.2 Å². The van der Waals surface area contributed by atoms with E-state index in [2.05, 4.69) is 17.6 Å². The second-order valence-corrected chi connectivity index (χ2v) is 11.4. The summed E-state index contributed by atoms with van der Waals surface area (Å²) in [4.78, 5) is 41.8. The highest BCUT2D eigenvalue weighted by Gasteiger charge is 2.37. The van der Waals surface area contributed by atoms with Gasteiger partial charge in [0, 0.05) is 12.6 Å². The fraction of sp³-hybridized carbons (Fsp3) is 0.700. The van der Waals surface area contributed by atoms with Gasteiger partial charge in [0.05, 0.1) is 6.61 Å². The number of hydrogen-bond acceptors (Lipinski definition) is 5. The molecule has 2 atom stereocenters. The van der Waals surface area contributed by atoms with Crippen LogP contribution in [-0.4, -0.2) is 58.8 Å². The molecule has 0 radical (unpaired) electrons. The van der Waals surface area contributed by atoms with Crippen molar-refractivity contribution in [1.29, 1.82) is 0 Å². The first-order valence-electron chi connectivity index (χ1n) is 14.3. The van der Waals surface area contributed by atoms with Crippen LogP contribution in [-0.2, 0) is 14.3 Å². The lowest BCUT2D eigenvalue weighted by Gasteiger charge is -2.36. The predicted octanol–water partition coefficient (Wildman–Crippen LogP) is 5.17. The van der Waals surface area contributed by atoms with Crippen LogP contribution in [0.1, 0.15) is 109 Å². The topological polar surface area (TPSA) is 108 Å². The Morgan fingerprint density at radius 2 is 1.71 bits per heavy atom. The van der Waals surface area contributed by atoms with Crippen LogP contribution in [0.4, 0.5) is 4.79 Å².